The van der Waals surface area contributed by atoms with E-state index < -0.39 is 16.9 Å². The molecule has 114 valence electrons. The number of para-hydroxylation sites is 1. The molecule has 4 nitrogen and oxygen atoms in total. The summed E-state index contributed by atoms with van der Waals surface area (Å²) in [5.41, 5.74) is 6.52. The average molecular weight is 299 g/mol. The topological polar surface area (TPSA) is 72.5 Å². The molecule has 0 aliphatic rings. The lowest BCUT2D eigenvalue weighted by molar-refractivity contribution is 0.125. The average Bonchev–Trinajstić information content (AvgIpc) is 2.44. The zero-order chi connectivity index (χ0) is 15.1. The minimum Gasteiger partial charge on any atom is -0.491 e. The summed E-state index contributed by atoms with van der Waals surface area (Å²) in [7, 11) is -1.04. The van der Waals surface area contributed by atoms with Crippen molar-refractivity contribution in [2.75, 3.05) is 12.4 Å². The van der Waals surface area contributed by atoms with E-state index in [1.807, 2.05) is 45.0 Å². The summed E-state index contributed by atoms with van der Waals surface area (Å²) in [5, 5.41) is 10.00. The summed E-state index contributed by atoms with van der Waals surface area (Å²) >= 11 is 0. The molecule has 0 fully saturated rings. The Morgan fingerprint density at radius 2 is 1.95 bits per heavy atom. The lowest BCUT2D eigenvalue weighted by Gasteiger charge is -2.18. The molecule has 3 N–H and O–H groups in total. The van der Waals surface area contributed by atoms with Crippen molar-refractivity contribution >= 4 is 10.8 Å². The van der Waals surface area contributed by atoms with Gasteiger partial charge in [-0.3, -0.25) is 4.21 Å². The van der Waals surface area contributed by atoms with Gasteiger partial charge in [-0.2, -0.15) is 0 Å². The third-order valence-corrected chi connectivity index (χ3v) is 5.42. The summed E-state index contributed by atoms with van der Waals surface area (Å²) in [5.74, 6) is 1.25. The van der Waals surface area contributed by atoms with Crippen molar-refractivity contribution in [3.63, 3.8) is 0 Å². The molecule has 0 aromatic heterocycles. The zero-order valence-electron chi connectivity index (χ0n) is 12.4. The van der Waals surface area contributed by atoms with Crippen molar-refractivity contribution in [1.82, 2.24) is 0 Å². The van der Waals surface area contributed by atoms with E-state index in [4.69, 9.17) is 10.5 Å². The van der Waals surface area contributed by atoms with Crippen molar-refractivity contribution in [2.24, 2.45) is 11.7 Å². The molecule has 20 heavy (non-hydrogen) atoms. The van der Waals surface area contributed by atoms with Crippen molar-refractivity contribution in [1.29, 1.82) is 0 Å². The van der Waals surface area contributed by atoms with Crippen LogP contribution in [0.5, 0.6) is 5.75 Å². The summed E-state index contributed by atoms with van der Waals surface area (Å²) < 4.78 is 17.6. The third-order valence-electron chi connectivity index (χ3n) is 3.33. The standard InChI is InChI=1S/C15H25NO3S/c1-11(2)12(3)20(18)10-14(17)9-19-15-7-5-4-6-13(15)8-16/h4-7,11-12,14,17H,8-10,16H2,1-3H3. The molecular formula is C15H25NO3S. The van der Waals surface area contributed by atoms with Gasteiger partial charge in [0, 0.05) is 28.2 Å². The van der Waals surface area contributed by atoms with E-state index in [1.54, 1.807) is 0 Å². The van der Waals surface area contributed by atoms with E-state index in [0.717, 1.165) is 5.56 Å². The quantitative estimate of drug-likeness (QED) is 0.766. The minimum absolute atomic E-state index is 0.0704. The van der Waals surface area contributed by atoms with Crippen molar-refractivity contribution in [3.05, 3.63) is 29.8 Å². The Labute approximate surface area is 123 Å². The normalized spacial score (nSPS) is 15.9. The zero-order valence-corrected chi connectivity index (χ0v) is 13.2. The first kappa shape index (κ1) is 17.1. The monoisotopic (exact) mass is 299 g/mol. The van der Waals surface area contributed by atoms with Gasteiger partial charge in [-0.1, -0.05) is 39.0 Å². The van der Waals surface area contributed by atoms with Gasteiger partial charge in [-0.25, -0.2) is 0 Å². The maximum Gasteiger partial charge on any atom is 0.123 e. The fourth-order valence-corrected chi connectivity index (χ4v) is 3.08. The van der Waals surface area contributed by atoms with Crippen molar-refractivity contribution in [2.45, 2.75) is 38.7 Å². The lowest BCUT2D eigenvalue weighted by Crippen LogP contribution is -2.30. The Morgan fingerprint density at radius 3 is 2.55 bits per heavy atom. The summed E-state index contributed by atoms with van der Waals surface area (Å²) in [6.45, 7) is 6.53. The van der Waals surface area contributed by atoms with Gasteiger partial charge in [-0.05, 0) is 12.0 Å². The Balaban J connectivity index is 2.47. The number of aliphatic hydroxyl groups is 1. The summed E-state index contributed by atoms with van der Waals surface area (Å²) in [6, 6.07) is 7.47. The van der Waals surface area contributed by atoms with E-state index in [1.165, 1.54) is 0 Å². The van der Waals surface area contributed by atoms with Crippen LogP contribution >= 0.6 is 0 Å². The highest BCUT2D eigenvalue weighted by atomic mass is 32.2. The number of ether oxygens (including phenoxy) is 1. The van der Waals surface area contributed by atoms with E-state index in [0.29, 0.717) is 18.2 Å². The number of rotatable bonds is 8. The first-order valence-electron chi connectivity index (χ1n) is 6.91. The Morgan fingerprint density at radius 1 is 1.30 bits per heavy atom. The largest absolute Gasteiger partial charge is 0.491 e. The lowest BCUT2D eigenvalue weighted by atomic mass is 10.2. The second kappa shape index (κ2) is 8.39. The van der Waals surface area contributed by atoms with E-state index >= 15 is 0 Å². The molecule has 0 saturated heterocycles. The van der Waals surface area contributed by atoms with Crippen LogP contribution in [-0.4, -0.2) is 33.0 Å². The first-order chi connectivity index (χ1) is 9.45. The van der Waals surface area contributed by atoms with Gasteiger partial charge in [0.05, 0.1) is 11.9 Å². The van der Waals surface area contributed by atoms with Crippen LogP contribution in [0.25, 0.3) is 0 Å². The number of aliphatic hydroxyl groups excluding tert-OH is 1. The molecular weight excluding hydrogens is 274 g/mol. The summed E-state index contributed by atoms with van der Waals surface area (Å²) in [4.78, 5) is 0. The highest BCUT2D eigenvalue weighted by Crippen LogP contribution is 2.17. The first-order valence-corrected chi connectivity index (χ1v) is 8.30. The van der Waals surface area contributed by atoms with Crippen LogP contribution in [0.4, 0.5) is 0 Å². The van der Waals surface area contributed by atoms with Crippen LogP contribution in [0, 0.1) is 5.92 Å². The van der Waals surface area contributed by atoms with Gasteiger partial charge in [0.2, 0.25) is 0 Å². The smallest absolute Gasteiger partial charge is 0.123 e. The molecule has 0 heterocycles. The Hall–Kier alpha value is -0.910. The van der Waals surface area contributed by atoms with E-state index in [9.17, 15) is 9.32 Å². The van der Waals surface area contributed by atoms with Crippen LogP contribution < -0.4 is 10.5 Å². The Bertz CT molecular complexity index is 437. The molecule has 3 atom stereocenters. The molecule has 0 saturated carbocycles. The predicted molar refractivity (Wildman–Crippen MR) is 83.1 cm³/mol. The van der Waals surface area contributed by atoms with E-state index in [-0.39, 0.29) is 17.6 Å². The second-order valence-corrected chi connectivity index (χ2v) is 7.11. The molecule has 3 unspecified atom stereocenters. The SMILES string of the molecule is CC(C)C(C)S(=O)CC(O)COc1ccccc1CN. The van der Waals surface area contributed by atoms with Crippen LogP contribution in [0.2, 0.25) is 0 Å². The van der Waals surface area contributed by atoms with E-state index in [2.05, 4.69) is 0 Å². The Kier molecular flexibility index (Phi) is 7.19. The highest BCUT2D eigenvalue weighted by Gasteiger charge is 2.19. The number of benzene rings is 1. The molecule has 0 spiro atoms. The van der Waals surface area contributed by atoms with Crippen LogP contribution in [0.3, 0.4) is 0 Å². The second-order valence-electron chi connectivity index (χ2n) is 5.27. The van der Waals surface area contributed by atoms with Gasteiger partial charge < -0.3 is 15.6 Å². The molecule has 0 aliphatic heterocycles. The van der Waals surface area contributed by atoms with Crippen molar-refractivity contribution in [3.8, 4) is 5.75 Å². The maximum atomic E-state index is 12.0. The number of hydrogen-bond acceptors (Lipinski definition) is 4. The highest BCUT2D eigenvalue weighted by molar-refractivity contribution is 7.85. The van der Waals surface area contributed by atoms with Gasteiger partial charge in [0.25, 0.3) is 0 Å². The number of nitrogens with two attached hydrogens (primary N) is 1. The molecule has 0 radical (unpaired) electrons. The molecule has 0 aliphatic carbocycles. The summed E-state index contributed by atoms with van der Waals surface area (Å²) in [6.07, 6.45) is -0.733. The maximum absolute atomic E-state index is 12.0. The molecule has 1 rings (SSSR count). The van der Waals surface area contributed by atoms with Crippen LogP contribution in [0.15, 0.2) is 24.3 Å². The van der Waals surface area contributed by atoms with Crippen LogP contribution in [0.1, 0.15) is 26.3 Å². The van der Waals surface area contributed by atoms with Crippen LogP contribution in [-0.2, 0) is 17.3 Å². The van der Waals surface area contributed by atoms with Gasteiger partial charge in [0.15, 0.2) is 0 Å². The van der Waals surface area contributed by atoms with Gasteiger partial charge in [-0.15, -0.1) is 0 Å². The minimum atomic E-state index is -1.04. The third kappa shape index (κ3) is 5.23. The number of hydrogen-bond donors (Lipinski definition) is 2. The molecule has 5 heteroatoms. The fraction of sp³-hybridized carbons (Fsp3) is 0.600. The molecule has 0 amide bonds. The molecule has 1 aromatic carbocycles. The van der Waals surface area contributed by atoms with Gasteiger partial charge >= 0.3 is 0 Å². The fourth-order valence-electron chi connectivity index (χ4n) is 1.69. The van der Waals surface area contributed by atoms with Gasteiger partial charge in [0.1, 0.15) is 12.4 Å². The van der Waals surface area contributed by atoms with Crippen molar-refractivity contribution < 1.29 is 14.1 Å². The molecule has 0 bridgehead atoms. The predicted octanol–water partition coefficient (Wildman–Crippen LogP) is 1.68. The molecule has 1 aromatic rings.